The topological polar surface area (TPSA) is 83.5 Å². The van der Waals surface area contributed by atoms with E-state index in [0.717, 1.165) is 49.8 Å². The molecule has 0 bridgehead atoms. The Bertz CT molecular complexity index is 1370. The quantitative estimate of drug-likeness (QED) is 0.275. The van der Waals surface area contributed by atoms with E-state index in [-0.39, 0.29) is 23.3 Å². The van der Waals surface area contributed by atoms with Crippen LogP contribution in [0.3, 0.4) is 0 Å². The molecule has 2 aromatic heterocycles. The number of pyridine rings is 2. The second kappa shape index (κ2) is 9.71. The van der Waals surface area contributed by atoms with Gasteiger partial charge in [-0.2, -0.15) is 5.26 Å². The average molecular weight is 490 g/mol. The average Bonchev–Trinajstić information content (AvgIpc) is 3.71. The number of halogens is 1. The molecule has 35 heavy (non-hydrogen) atoms. The standard InChI is InChI=1S/C27H28ClN5O2/c1-32(26-21(16-29)27(34)33(2)22-14-15-23(28)30-25(22)26)19-10-8-18(9-11-19)24(31-35-20-12-13-20)17-6-4-3-5-7-17/h3-7,14-15,18-20H,8-13H2,1-2H3/b31-24+. The van der Waals surface area contributed by atoms with Crippen LogP contribution in [0.2, 0.25) is 5.15 Å². The zero-order chi connectivity index (χ0) is 24.5. The minimum absolute atomic E-state index is 0.101. The van der Waals surface area contributed by atoms with Crippen molar-refractivity contribution in [3.8, 4) is 6.07 Å². The number of nitrogens with zero attached hydrogens (tertiary/aromatic N) is 5. The number of benzene rings is 1. The van der Waals surface area contributed by atoms with Gasteiger partial charge in [0.05, 0.1) is 16.9 Å². The van der Waals surface area contributed by atoms with Gasteiger partial charge in [-0.3, -0.25) is 4.79 Å². The number of rotatable bonds is 6. The summed E-state index contributed by atoms with van der Waals surface area (Å²) in [5.41, 5.74) is 3.69. The van der Waals surface area contributed by atoms with E-state index in [9.17, 15) is 10.1 Å². The third-order valence-corrected chi connectivity index (χ3v) is 7.38. The number of nitriles is 1. The predicted octanol–water partition coefficient (Wildman–Crippen LogP) is 5.04. The summed E-state index contributed by atoms with van der Waals surface area (Å²) < 4.78 is 1.47. The van der Waals surface area contributed by atoms with Crippen LogP contribution in [0.25, 0.3) is 11.0 Å². The molecule has 8 heteroatoms. The monoisotopic (exact) mass is 489 g/mol. The van der Waals surface area contributed by atoms with Crippen molar-refractivity contribution in [1.82, 2.24) is 9.55 Å². The van der Waals surface area contributed by atoms with E-state index in [1.54, 1.807) is 19.2 Å². The van der Waals surface area contributed by atoms with Crippen molar-refractivity contribution in [3.05, 3.63) is 69.1 Å². The maximum absolute atomic E-state index is 13.0. The van der Waals surface area contributed by atoms with Crippen molar-refractivity contribution < 1.29 is 4.84 Å². The summed E-state index contributed by atoms with van der Waals surface area (Å²) >= 11 is 6.21. The van der Waals surface area contributed by atoms with E-state index >= 15 is 0 Å². The van der Waals surface area contributed by atoms with E-state index in [4.69, 9.17) is 16.4 Å². The van der Waals surface area contributed by atoms with E-state index in [1.165, 1.54) is 4.57 Å². The Morgan fingerprint density at radius 1 is 1.14 bits per heavy atom. The highest BCUT2D eigenvalue weighted by Crippen LogP contribution is 2.36. The molecule has 2 saturated carbocycles. The fourth-order valence-electron chi connectivity index (χ4n) is 5.01. The van der Waals surface area contributed by atoms with E-state index in [0.29, 0.717) is 27.8 Å². The molecule has 0 unspecified atom stereocenters. The SMILES string of the molecule is CN(c1c(C#N)c(=O)n(C)c2ccc(Cl)nc12)C1CCC(/C(=N/OC2CC2)c2ccccc2)CC1. The van der Waals surface area contributed by atoms with Gasteiger partial charge in [0.15, 0.2) is 0 Å². The highest BCUT2D eigenvalue weighted by Gasteiger charge is 2.32. The Morgan fingerprint density at radius 3 is 2.51 bits per heavy atom. The maximum Gasteiger partial charge on any atom is 0.270 e. The lowest BCUT2D eigenvalue weighted by atomic mass is 9.80. The Labute approximate surface area is 209 Å². The van der Waals surface area contributed by atoms with Crippen molar-refractivity contribution in [2.24, 2.45) is 18.1 Å². The van der Waals surface area contributed by atoms with Crippen LogP contribution < -0.4 is 10.5 Å². The molecule has 0 amide bonds. The van der Waals surface area contributed by atoms with Crippen LogP contribution in [0.5, 0.6) is 0 Å². The Balaban J connectivity index is 1.42. The first-order valence-electron chi connectivity index (χ1n) is 12.1. The third-order valence-electron chi connectivity index (χ3n) is 7.17. The maximum atomic E-state index is 13.0. The Morgan fingerprint density at radius 2 is 1.86 bits per heavy atom. The van der Waals surface area contributed by atoms with Crippen LogP contribution >= 0.6 is 11.6 Å². The summed E-state index contributed by atoms with van der Waals surface area (Å²) in [6, 6.07) is 16.0. The number of aryl methyl sites for hydroxylation is 1. The second-order valence-corrected chi connectivity index (χ2v) is 9.85. The summed E-state index contributed by atoms with van der Waals surface area (Å²) in [5, 5.41) is 14.8. The van der Waals surface area contributed by atoms with Crippen molar-refractivity contribution in [2.75, 3.05) is 11.9 Å². The first kappa shape index (κ1) is 23.4. The number of anilines is 1. The molecular formula is C27H28ClN5O2. The van der Waals surface area contributed by atoms with E-state index in [1.807, 2.05) is 25.2 Å². The van der Waals surface area contributed by atoms with Crippen LogP contribution in [-0.4, -0.2) is 34.5 Å². The highest BCUT2D eigenvalue weighted by molar-refractivity contribution is 6.29. The lowest BCUT2D eigenvalue weighted by Crippen LogP contribution is -2.38. The number of aromatic nitrogens is 2. The zero-order valence-corrected chi connectivity index (χ0v) is 20.7. The van der Waals surface area contributed by atoms with Crippen LogP contribution in [0.1, 0.15) is 49.7 Å². The lowest BCUT2D eigenvalue weighted by molar-refractivity contribution is 0.127. The van der Waals surface area contributed by atoms with Crippen LogP contribution in [0, 0.1) is 17.2 Å². The number of hydrogen-bond donors (Lipinski definition) is 0. The number of fused-ring (bicyclic) bond motifs is 1. The second-order valence-electron chi connectivity index (χ2n) is 9.46. The van der Waals surface area contributed by atoms with Gasteiger partial charge in [0.25, 0.3) is 5.56 Å². The molecule has 180 valence electrons. The molecule has 0 spiro atoms. The van der Waals surface area contributed by atoms with Crippen molar-refractivity contribution in [2.45, 2.75) is 50.7 Å². The van der Waals surface area contributed by atoms with Crippen LogP contribution in [-0.2, 0) is 11.9 Å². The number of oxime groups is 1. The fourth-order valence-corrected chi connectivity index (χ4v) is 5.16. The fraction of sp³-hybridized carbons (Fsp3) is 0.407. The van der Waals surface area contributed by atoms with Crippen molar-refractivity contribution in [3.63, 3.8) is 0 Å². The predicted molar refractivity (Wildman–Crippen MR) is 138 cm³/mol. The van der Waals surface area contributed by atoms with Crippen LogP contribution in [0.15, 0.2) is 52.4 Å². The summed E-state index contributed by atoms with van der Waals surface area (Å²) in [6.07, 6.45) is 6.09. The van der Waals surface area contributed by atoms with Gasteiger partial charge in [-0.15, -0.1) is 0 Å². The molecule has 1 aromatic carbocycles. The molecule has 0 saturated heterocycles. The molecule has 2 fully saturated rings. The molecule has 5 rings (SSSR count). The lowest BCUT2D eigenvalue weighted by Gasteiger charge is -2.37. The van der Waals surface area contributed by atoms with Gasteiger partial charge in [-0.1, -0.05) is 47.1 Å². The third kappa shape index (κ3) is 4.63. The first-order valence-corrected chi connectivity index (χ1v) is 12.5. The molecule has 0 aliphatic heterocycles. The minimum atomic E-state index is -0.324. The summed E-state index contributed by atoms with van der Waals surface area (Å²) in [5.74, 6) is 0.296. The van der Waals surface area contributed by atoms with Gasteiger partial charge in [-0.05, 0) is 56.2 Å². The number of hydrogen-bond acceptors (Lipinski definition) is 6. The summed E-state index contributed by atoms with van der Waals surface area (Å²) in [4.78, 5) is 25.3. The Kier molecular flexibility index (Phi) is 6.48. The largest absolute Gasteiger partial charge is 0.392 e. The Hall–Kier alpha value is -3.37. The van der Waals surface area contributed by atoms with Crippen molar-refractivity contribution >= 4 is 34.0 Å². The van der Waals surface area contributed by atoms with E-state index < -0.39 is 0 Å². The molecule has 2 aliphatic rings. The molecule has 2 heterocycles. The molecule has 0 radical (unpaired) electrons. The van der Waals surface area contributed by atoms with E-state index in [2.05, 4.69) is 33.2 Å². The molecule has 0 N–H and O–H groups in total. The summed E-state index contributed by atoms with van der Waals surface area (Å²) in [6.45, 7) is 0. The minimum Gasteiger partial charge on any atom is -0.392 e. The smallest absolute Gasteiger partial charge is 0.270 e. The van der Waals surface area contributed by atoms with Gasteiger partial charge in [0, 0.05) is 26.1 Å². The molecule has 7 nitrogen and oxygen atoms in total. The van der Waals surface area contributed by atoms with Gasteiger partial charge >= 0.3 is 0 Å². The first-order chi connectivity index (χ1) is 17.0. The van der Waals surface area contributed by atoms with Crippen LogP contribution in [0.4, 0.5) is 5.69 Å². The normalized spacial score (nSPS) is 20.5. The molecule has 3 aromatic rings. The molecule has 0 atom stereocenters. The van der Waals surface area contributed by atoms with Gasteiger partial charge in [-0.25, -0.2) is 4.98 Å². The van der Waals surface area contributed by atoms with Gasteiger partial charge in [0.1, 0.15) is 28.4 Å². The highest BCUT2D eigenvalue weighted by atomic mass is 35.5. The van der Waals surface area contributed by atoms with Gasteiger partial charge < -0.3 is 14.3 Å². The van der Waals surface area contributed by atoms with Crippen molar-refractivity contribution in [1.29, 1.82) is 5.26 Å². The van der Waals surface area contributed by atoms with Gasteiger partial charge in [0.2, 0.25) is 0 Å². The molecular weight excluding hydrogens is 462 g/mol. The summed E-state index contributed by atoms with van der Waals surface area (Å²) in [7, 11) is 3.61. The zero-order valence-electron chi connectivity index (χ0n) is 19.9. The molecule has 2 aliphatic carbocycles.